The molecule has 1 aromatic heterocycles. The van der Waals surface area contributed by atoms with Gasteiger partial charge in [0.25, 0.3) is 17.7 Å². The van der Waals surface area contributed by atoms with Crippen LogP contribution in [0, 0.1) is 11.7 Å². The minimum atomic E-state index is -0.908. The Bertz CT molecular complexity index is 781. The predicted octanol–water partition coefficient (Wildman–Crippen LogP) is 0.831. The van der Waals surface area contributed by atoms with Gasteiger partial charge in [0, 0.05) is 18.0 Å². The van der Waals surface area contributed by atoms with Gasteiger partial charge in [-0.3, -0.25) is 30.2 Å². The number of nitrogens with one attached hydrogen (secondary N) is 3. The van der Waals surface area contributed by atoms with Gasteiger partial charge in [0.1, 0.15) is 17.6 Å². The fourth-order valence-electron chi connectivity index (χ4n) is 2.04. The van der Waals surface area contributed by atoms with E-state index in [4.69, 9.17) is 0 Å². The van der Waals surface area contributed by atoms with Gasteiger partial charge < -0.3 is 5.32 Å². The lowest BCUT2D eigenvalue weighted by atomic mass is 10.0. The molecule has 0 bridgehead atoms. The first-order valence-electron chi connectivity index (χ1n) is 7.81. The second kappa shape index (κ2) is 8.65. The molecule has 1 atom stereocenters. The molecule has 0 saturated heterocycles. The third kappa shape index (κ3) is 5.07. The van der Waals surface area contributed by atoms with Gasteiger partial charge in [0.15, 0.2) is 0 Å². The molecule has 3 amide bonds. The Kier molecular flexibility index (Phi) is 6.31. The van der Waals surface area contributed by atoms with E-state index < -0.39 is 29.6 Å². The van der Waals surface area contributed by atoms with E-state index in [0.29, 0.717) is 0 Å². The Hall–Kier alpha value is -3.36. The van der Waals surface area contributed by atoms with E-state index in [-0.39, 0.29) is 17.2 Å². The zero-order valence-corrected chi connectivity index (χ0v) is 14.2. The number of hydrazine groups is 1. The highest BCUT2D eigenvalue weighted by Gasteiger charge is 2.25. The molecule has 0 spiro atoms. The fraction of sp³-hybridized carbons (Fsp3) is 0.235. The number of aromatic nitrogens is 2. The molecule has 0 aliphatic rings. The van der Waals surface area contributed by atoms with Crippen LogP contribution in [-0.4, -0.2) is 33.7 Å². The summed E-state index contributed by atoms with van der Waals surface area (Å²) in [6.45, 7) is 3.47. The van der Waals surface area contributed by atoms with Crippen molar-refractivity contribution in [3.8, 4) is 0 Å². The van der Waals surface area contributed by atoms with Crippen LogP contribution in [0.15, 0.2) is 42.9 Å². The lowest BCUT2D eigenvalue weighted by Gasteiger charge is -2.21. The summed E-state index contributed by atoms with van der Waals surface area (Å²) in [6, 6.07) is 4.03. The summed E-state index contributed by atoms with van der Waals surface area (Å²) in [5, 5.41) is 2.56. The number of halogens is 1. The standard InChI is InChI=1S/C17H18FN5O3/c1-10(2)14(21-15(24)11-3-5-12(18)6-4-11)17(26)23-22-16(25)13-9-19-7-8-20-13/h3-10,14H,1-2H3,(H,21,24)(H,22,25)(H,23,26). The average Bonchev–Trinajstić information content (AvgIpc) is 2.64. The third-order valence-corrected chi connectivity index (χ3v) is 3.44. The van der Waals surface area contributed by atoms with Crippen LogP contribution in [0.25, 0.3) is 0 Å². The first-order chi connectivity index (χ1) is 12.4. The second-order valence-corrected chi connectivity index (χ2v) is 5.74. The molecule has 9 heteroatoms. The molecule has 2 rings (SSSR count). The van der Waals surface area contributed by atoms with Crippen molar-refractivity contribution in [2.45, 2.75) is 19.9 Å². The van der Waals surface area contributed by atoms with Crippen molar-refractivity contribution < 1.29 is 18.8 Å². The van der Waals surface area contributed by atoms with Crippen LogP contribution in [0.3, 0.4) is 0 Å². The van der Waals surface area contributed by atoms with Crippen molar-refractivity contribution in [2.24, 2.45) is 5.92 Å². The number of hydrogen-bond donors (Lipinski definition) is 3. The lowest BCUT2D eigenvalue weighted by molar-refractivity contribution is -0.124. The molecule has 1 heterocycles. The summed E-state index contributed by atoms with van der Waals surface area (Å²) in [5.41, 5.74) is 4.71. The summed E-state index contributed by atoms with van der Waals surface area (Å²) in [4.78, 5) is 43.9. The highest BCUT2D eigenvalue weighted by molar-refractivity contribution is 5.98. The predicted molar refractivity (Wildman–Crippen MR) is 90.1 cm³/mol. The fourth-order valence-corrected chi connectivity index (χ4v) is 2.04. The van der Waals surface area contributed by atoms with Gasteiger partial charge in [-0.25, -0.2) is 9.37 Å². The number of rotatable bonds is 5. The van der Waals surface area contributed by atoms with Crippen molar-refractivity contribution in [1.82, 2.24) is 26.1 Å². The van der Waals surface area contributed by atoms with Gasteiger partial charge in [0.05, 0.1) is 6.20 Å². The van der Waals surface area contributed by atoms with Crippen molar-refractivity contribution in [3.63, 3.8) is 0 Å². The number of nitrogens with zero attached hydrogens (tertiary/aromatic N) is 2. The summed E-state index contributed by atoms with van der Waals surface area (Å²) in [7, 11) is 0. The van der Waals surface area contributed by atoms with E-state index in [0.717, 1.165) is 12.1 Å². The quantitative estimate of drug-likeness (QED) is 0.685. The molecule has 3 N–H and O–H groups in total. The summed E-state index contributed by atoms with van der Waals surface area (Å²) < 4.78 is 12.9. The molecule has 1 aromatic carbocycles. The maximum atomic E-state index is 12.9. The largest absolute Gasteiger partial charge is 0.340 e. The van der Waals surface area contributed by atoms with Gasteiger partial charge in [-0.15, -0.1) is 0 Å². The molecule has 8 nitrogen and oxygen atoms in total. The lowest BCUT2D eigenvalue weighted by Crippen LogP contribution is -2.54. The van der Waals surface area contributed by atoms with Crippen LogP contribution < -0.4 is 16.2 Å². The van der Waals surface area contributed by atoms with Gasteiger partial charge in [-0.05, 0) is 30.2 Å². The van der Waals surface area contributed by atoms with Crippen molar-refractivity contribution in [3.05, 3.63) is 59.9 Å². The highest BCUT2D eigenvalue weighted by Crippen LogP contribution is 2.06. The van der Waals surface area contributed by atoms with E-state index in [1.807, 2.05) is 0 Å². The first-order valence-corrected chi connectivity index (χ1v) is 7.81. The molecule has 2 aromatic rings. The Balaban J connectivity index is 1.97. The number of amides is 3. The Morgan fingerprint density at radius 3 is 2.27 bits per heavy atom. The van der Waals surface area contributed by atoms with E-state index >= 15 is 0 Å². The molecular formula is C17H18FN5O3. The van der Waals surface area contributed by atoms with Crippen LogP contribution in [0.4, 0.5) is 4.39 Å². The number of carbonyl (C=O) groups excluding carboxylic acids is 3. The third-order valence-electron chi connectivity index (χ3n) is 3.44. The Morgan fingerprint density at radius 1 is 1.00 bits per heavy atom. The van der Waals surface area contributed by atoms with Gasteiger partial charge in [-0.2, -0.15) is 0 Å². The van der Waals surface area contributed by atoms with Gasteiger partial charge in [0.2, 0.25) is 0 Å². The number of carbonyl (C=O) groups is 3. The summed E-state index contributed by atoms with van der Waals surface area (Å²) in [5.74, 6) is -2.50. The Labute approximate surface area is 149 Å². The molecule has 0 aliphatic carbocycles. The minimum absolute atomic E-state index is 0.0317. The maximum Gasteiger partial charge on any atom is 0.289 e. The van der Waals surface area contributed by atoms with Crippen molar-refractivity contribution >= 4 is 17.7 Å². The molecule has 1 unspecified atom stereocenters. The van der Waals surface area contributed by atoms with E-state index in [2.05, 4.69) is 26.1 Å². The van der Waals surface area contributed by atoms with E-state index in [1.165, 1.54) is 30.7 Å². The zero-order valence-electron chi connectivity index (χ0n) is 14.2. The molecule has 0 saturated carbocycles. The maximum absolute atomic E-state index is 12.9. The molecular weight excluding hydrogens is 341 g/mol. The van der Waals surface area contributed by atoms with Crippen LogP contribution in [-0.2, 0) is 4.79 Å². The molecule has 0 radical (unpaired) electrons. The van der Waals surface area contributed by atoms with E-state index in [9.17, 15) is 18.8 Å². The second-order valence-electron chi connectivity index (χ2n) is 5.74. The van der Waals surface area contributed by atoms with Crippen LogP contribution >= 0.6 is 0 Å². The molecule has 0 fully saturated rings. The highest BCUT2D eigenvalue weighted by atomic mass is 19.1. The summed E-state index contributed by atoms with van der Waals surface area (Å²) in [6.07, 6.45) is 4.00. The van der Waals surface area contributed by atoms with Crippen molar-refractivity contribution in [1.29, 1.82) is 0 Å². The molecule has 136 valence electrons. The summed E-state index contributed by atoms with van der Waals surface area (Å²) >= 11 is 0. The van der Waals surface area contributed by atoms with Crippen molar-refractivity contribution in [2.75, 3.05) is 0 Å². The Morgan fingerprint density at radius 2 is 1.69 bits per heavy atom. The van der Waals surface area contributed by atoms with Crippen LogP contribution in [0.5, 0.6) is 0 Å². The van der Waals surface area contributed by atoms with Crippen LogP contribution in [0.1, 0.15) is 34.7 Å². The molecule has 26 heavy (non-hydrogen) atoms. The number of benzene rings is 1. The topological polar surface area (TPSA) is 113 Å². The first kappa shape index (κ1) is 19.0. The SMILES string of the molecule is CC(C)C(NC(=O)c1ccc(F)cc1)C(=O)NNC(=O)c1cnccn1. The minimum Gasteiger partial charge on any atom is -0.340 e. The van der Waals surface area contributed by atoms with E-state index in [1.54, 1.807) is 13.8 Å². The monoisotopic (exact) mass is 359 g/mol. The smallest absolute Gasteiger partial charge is 0.289 e. The zero-order chi connectivity index (χ0) is 19.1. The van der Waals surface area contributed by atoms with Crippen LogP contribution in [0.2, 0.25) is 0 Å². The normalized spacial score (nSPS) is 11.5. The average molecular weight is 359 g/mol. The molecule has 0 aliphatic heterocycles. The van der Waals surface area contributed by atoms with Gasteiger partial charge >= 0.3 is 0 Å². The van der Waals surface area contributed by atoms with Gasteiger partial charge in [-0.1, -0.05) is 13.8 Å². The number of hydrogen-bond acceptors (Lipinski definition) is 5.